The summed E-state index contributed by atoms with van der Waals surface area (Å²) >= 11 is 6.02. The van der Waals surface area contributed by atoms with Gasteiger partial charge in [0.05, 0.1) is 5.02 Å². The Labute approximate surface area is 161 Å². The monoisotopic (exact) mass is 390 g/mol. The van der Waals surface area contributed by atoms with Crippen molar-refractivity contribution in [1.29, 1.82) is 0 Å². The van der Waals surface area contributed by atoms with Crippen molar-refractivity contribution in [3.63, 3.8) is 0 Å². The van der Waals surface area contributed by atoms with Crippen LogP contribution in [0.3, 0.4) is 0 Å². The van der Waals surface area contributed by atoms with E-state index in [1.807, 2.05) is 13.0 Å². The van der Waals surface area contributed by atoms with Crippen LogP contribution in [0.5, 0.6) is 5.75 Å². The second-order valence-electron chi connectivity index (χ2n) is 5.57. The smallest absolute Gasteiger partial charge is 0.345 e. The first-order valence-corrected chi connectivity index (χ1v) is 8.44. The fourth-order valence-electron chi connectivity index (χ4n) is 2.16. The predicted molar refractivity (Wildman–Crippen MR) is 99.6 cm³/mol. The van der Waals surface area contributed by atoms with E-state index >= 15 is 0 Å². The lowest BCUT2D eigenvalue weighted by Crippen LogP contribution is -2.41. The fourth-order valence-corrected chi connectivity index (χ4v) is 2.34. The second-order valence-corrected chi connectivity index (χ2v) is 5.98. The quantitative estimate of drug-likeness (QED) is 0.740. The van der Waals surface area contributed by atoms with Crippen LogP contribution in [0.4, 0.5) is 4.79 Å². The first-order chi connectivity index (χ1) is 12.9. The molecule has 0 spiro atoms. The number of esters is 1. The fraction of sp³-hybridized carbons (Fsp3) is 0.211. The van der Waals surface area contributed by atoms with Crippen LogP contribution in [0.1, 0.15) is 17.2 Å². The molecule has 0 aliphatic rings. The summed E-state index contributed by atoms with van der Waals surface area (Å²) in [5.74, 6) is -1.23. The van der Waals surface area contributed by atoms with Gasteiger partial charge in [0.15, 0.2) is 6.61 Å². The topological polar surface area (TPSA) is 93.7 Å². The number of hydrogen-bond donors (Lipinski definition) is 2. The normalized spacial score (nSPS) is 11.2. The van der Waals surface area contributed by atoms with E-state index in [1.54, 1.807) is 42.5 Å². The molecule has 0 aromatic heterocycles. The minimum Gasteiger partial charge on any atom is -0.480 e. The molecule has 8 heteroatoms. The van der Waals surface area contributed by atoms with Crippen molar-refractivity contribution in [2.45, 2.75) is 13.0 Å². The zero-order valence-electron chi connectivity index (χ0n) is 14.8. The molecule has 1 atom stereocenters. The molecule has 0 aliphatic heterocycles. The van der Waals surface area contributed by atoms with Gasteiger partial charge in [-0.3, -0.25) is 10.1 Å². The molecule has 2 N–H and O–H groups in total. The molecule has 7 nitrogen and oxygen atoms in total. The number of urea groups is 1. The summed E-state index contributed by atoms with van der Waals surface area (Å²) in [4.78, 5) is 35.9. The van der Waals surface area contributed by atoms with Gasteiger partial charge in [-0.05, 0) is 24.6 Å². The SMILES string of the molecule is CNC(=O)NC(=O)[C@H](OC(=O)COc1cc(C)ccc1Cl)c1ccccc1. The Hall–Kier alpha value is -3.06. The molecule has 0 heterocycles. The van der Waals surface area contributed by atoms with Crippen molar-refractivity contribution in [3.05, 3.63) is 64.7 Å². The van der Waals surface area contributed by atoms with Gasteiger partial charge in [0, 0.05) is 12.6 Å². The largest absolute Gasteiger partial charge is 0.480 e. The number of imide groups is 1. The van der Waals surface area contributed by atoms with Gasteiger partial charge in [-0.1, -0.05) is 48.0 Å². The Morgan fingerprint density at radius 1 is 1.11 bits per heavy atom. The van der Waals surface area contributed by atoms with Crippen molar-refractivity contribution >= 4 is 29.5 Å². The molecule has 0 unspecified atom stereocenters. The van der Waals surface area contributed by atoms with Crippen LogP contribution < -0.4 is 15.4 Å². The Kier molecular flexibility index (Phi) is 7.19. The van der Waals surface area contributed by atoms with Crippen molar-refractivity contribution < 1.29 is 23.9 Å². The number of nitrogens with one attached hydrogen (secondary N) is 2. The average molecular weight is 391 g/mol. The van der Waals surface area contributed by atoms with E-state index in [0.29, 0.717) is 16.3 Å². The zero-order valence-corrected chi connectivity index (χ0v) is 15.6. The maximum Gasteiger partial charge on any atom is 0.345 e. The van der Waals surface area contributed by atoms with Crippen LogP contribution in [0.25, 0.3) is 0 Å². The van der Waals surface area contributed by atoms with Crippen LogP contribution >= 0.6 is 11.6 Å². The van der Waals surface area contributed by atoms with Gasteiger partial charge < -0.3 is 14.8 Å². The van der Waals surface area contributed by atoms with Crippen LogP contribution in [-0.2, 0) is 14.3 Å². The molecule has 0 bridgehead atoms. The van der Waals surface area contributed by atoms with E-state index in [4.69, 9.17) is 21.1 Å². The van der Waals surface area contributed by atoms with Gasteiger partial charge in [-0.25, -0.2) is 9.59 Å². The molecule has 0 saturated heterocycles. The summed E-state index contributed by atoms with van der Waals surface area (Å²) in [6.07, 6.45) is -1.30. The first kappa shape index (κ1) is 20.3. The number of ether oxygens (including phenoxy) is 2. The number of rotatable bonds is 6. The number of amides is 3. The minimum absolute atomic E-state index is 0.333. The van der Waals surface area contributed by atoms with Gasteiger partial charge in [0.25, 0.3) is 5.91 Å². The van der Waals surface area contributed by atoms with E-state index in [2.05, 4.69) is 10.6 Å². The molecule has 2 aromatic rings. The third-order valence-electron chi connectivity index (χ3n) is 3.49. The van der Waals surface area contributed by atoms with Crippen molar-refractivity contribution in [2.24, 2.45) is 0 Å². The van der Waals surface area contributed by atoms with Crippen LogP contribution in [0, 0.1) is 6.92 Å². The van der Waals surface area contributed by atoms with E-state index in [1.165, 1.54) is 7.05 Å². The summed E-state index contributed by atoms with van der Waals surface area (Å²) in [7, 11) is 1.37. The van der Waals surface area contributed by atoms with E-state index in [0.717, 1.165) is 5.56 Å². The number of carbonyl (C=O) groups excluding carboxylic acids is 3. The molecule has 142 valence electrons. The summed E-state index contributed by atoms with van der Waals surface area (Å²) < 4.78 is 10.6. The molecule has 0 saturated carbocycles. The van der Waals surface area contributed by atoms with E-state index < -0.39 is 30.6 Å². The maximum atomic E-state index is 12.3. The number of halogens is 1. The Bertz CT molecular complexity index is 826. The van der Waals surface area contributed by atoms with Gasteiger partial charge in [0.1, 0.15) is 5.75 Å². The molecular weight excluding hydrogens is 372 g/mol. The maximum absolute atomic E-state index is 12.3. The highest BCUT2D eigenvalue weighted by Gasteiger charge is 2.26. The lowest BCUT2D eigenvalue weighted by molar-refractivity contribution is -0.158. The van der Waals surface area contributed by atoms with Crippen LogP contribution in [0.2, 0.25) is 5.02 Å². The summed E-state index contributed by atoms with van der Waals surface area (Å²) in [6.45, 7) is 1.41. The van der Waals surface area contributed by atoms with E-state index in [-0.39, 0.29) is 0 Å². The lowest BCUT2D eigenvalue weighted by atomic mass is 10.1. The summed E-state index contributed by atoms with van der Waals surface area (Å²) in [5, 5.41) is 4.71. The van der Waals surface area contributed by atoms with Gasteiger partial charge >= 0.3 is 12.0 Å². The number of carbonyl (C=O) groups is 3. The zero-order chi connectivity index (χ0) is 19.8. The highest BCUT2D eigenvalue weighted by molar-refractivity contribution is 6.32. The van der Waals surface area contributed by atoms with Gasteiger partial charge in [-0.2, -0.15) is 0 Å². The molecule has 2 aromatic carbocycles. The molecule has 0 fully saturated rings. The van der Waals surface area contributed by atoms with Crippen molar-refractivity contribution in [3.8, 4) is 5.75 Å². The molecule has 3 amide bonds. The molecule has 27 heavy (non-hydrogen) atoms. The third kappa shape index (κ3) is 6.00. The summed E-state index contributed by atoms with van der Waals surface area (Å²) in [5.41, 5.74) is 1.33. The van der Waals surface area contributed by atoms with Crippen LogP contribution in [0.15, 0.2) is 48.5 Å². The lowest BCUT2D eigenvalue weighted by Gasteiger charge is -2.18. The van der Waals surface area contributed by atoms with Crippen molar-refractivity contribution in [1.82, 2.24) is 10.6 Å². The highest BCUT2D eigenvalue weighted by Crippen LogP contribution is 2.25. The summed E-state index contributed by atoms with van der Waals surface area (Å²) in [6, 6.07) is 12.8. The number of aryl methyl sites for hydroxylation is 1. The Morgan fingerprint density at radius 2 is 1.81 bits per heavy atom. The molecule has 0 aliphatic carbocycles. The first-order valence-electron chi connectivity index (χ1n) is 8.06. The van der Waals surface area contributed by atoms with E-state index in [9.17, 15) is 14.4 Å². The van der Waals surface area contributed by atoms with Gasteiger partial charge in [-0.15, -0.1) is 0 Å². The highest BCUT2D eigenvalue weighted by atomic mass is 35.5. The number of hydrogen-bond acceptors (Lipinski definition) is 5. The standard InChI is InChI=1S/C19H19ClN2O5/c1-12-8-9-14(20)15(10-12)26-11-16(23)27-17(13-6-4-3-5-7-13)18(24)22-19(25)21-2/h3-10,17H,11H2,1-2H3,(H2,21,22,24,25)/t17-/m1/s1. The predicted octanol–water partition coefficient (Wildman–Crippen LogP) is 2.77. The molecule has 0 radical (unpaired) electrons. The Morgan fingerprint density at radius 3 is 2.48 bits per heavy atom. The third-order valence-corrected chi connectivity index (χ3v) is 3.80. The van der Waals surface area contributed by atoms with Crippen molar-refractivity contribution in [2.75, 3.05) is 13.7 Å². The van der Waals surface area contributed by atoms with Gasteiger partial charge in [0.2, 0.25) is 6.10 Å². The minimum atomic E-state index is -1.30. The second kappa shape index (κ2) is 9.59. The molecule has 2 rings (SSSR count). The number of benzene rings is 2. The molecular formula is C19H19ClN2O5. The average Bonchev–Trinajstić information content (AvgIpc) is 2.67. The van der Waals surface area contributed by atoms with Crippen LogP contribution in [-0.4, -0.2) is 31.6 Å². The Balaban J connectivity index is 2.07.